The third-order valence-corrected chi connectivity index (χ3v) is 3.13. The quantitative estimate of drug-likeness (QED) is 0.625. The van der Waals surface area contributed by atoms with E-state index in [0.29, 0.717) is 12.4 Å². The number of aromatic amines is 1. The molecule has 10 nitrogen and oxygen atoms in total. The molecule has 0 unspecified atom stereocenters. The molecule has 0 saturated carbocycles. The number of H-pyrrole nitrogens is 1. The molecule has 0 aliphatic rings. The van der Waals surface area contributed by atoms with Crippen molar-refractivity contribution in [2.75, 3.05) is 11.1 Å². The monoisotopic (exact) mass is 294 g/mol. The molecule has 0 aliphatic carbocycles. The molecule has 114 valence electrons. The Kier molecular flexibility index (Phi) is 4.36. The first kappa shape index (κ1) is 14.8. The molecule has 4 N–H and O–H groups in total. The van der Waals surface area contributed by atoms with Crippen molar-refractivity contribution in [3.63, 3.8) is 0 Å². The molecule has 0 spiro atoms. The number of unbranched alkanes of at least 4 members (excludes halogenated alkanes) is 1. The van der Waals surface area contributed by atoms with Crippen LogP contribution in [-0.2, 0) is 20.1 Å². The van der Waals surface area contributed by atoms with Gasteiger partial charge in [-0.1, -0.05) is 18.6 Å². The standard InChI is InChI=1S/C11H18N8O2/c1-3-4-5-19-9(12)8(10(20)18(2)11(19)21)13-6-7-14-16-17-15-7/h13H,3-6,12H2,1-2H3,(H,14,15,16,17). The number of tetrazole rings is 1. The zero-order valence-corrected chi connectivity index (χ0v) is 12.0. The molecule has 0 bridgehead atoms. The summed E-state index contributed by atoms with van der Waals surface area (Å²) in [6.07, 6.45) is 1.72. The average Bonchev–Trinajstić information content (AvgIpc) is 2.98. The first-order valence-electron chi connectivity index (χ1n) is 6.61. The van der Waals surface area contributed by atoms with E-state index in [1.165, 1.54) is 11.6 Å². The highest BCUT2D eigenvalue weighted by Crippen LogP contribution is 2.12. The summed E-state index contributed by atoms with van der Waals surface area (Å²) in [4.78, 5) is 24.2. The molecule has 2 rings (SSSR count). The van der Waals surface area contributed by atoms with Gasteiger partial charge in [-0.15, -0.1) is 10.2 Å². The number of anilines is 2. The lowest BCUT2D eigenvalue weighted by Gasteiger charge is -2.15. The highest BCUT2D eigenvalue weighted by molar-refractivity contribution is 5.60. The maximum Gasteiger partial charge on any atom is 0.332 e. The van der Waals surface area contributed by atoms with Gasteiger partial charge >= 0.3 is 5.69 Å². The van der Waals surface area contributed by atoms with Crippen molar-refractivity contribution in [1.82, 2.24) is 29.8 Å². The van der Waals surface area contributed by atoms with Gasteiger partial charge in [0, 0.05) is 13.6 Å². The molecule has 2 heterocycles. The SMILES string of the molecule is CCCCn1c(N)c(NCc2nn[nH]n2)c(=O)n(C)c1=O. The van der Waals surface area contributed by atoms with Gasteiger partial charge in [-0.05, 0) is 6.42 Å². The van der Waals surface area contributed by atoms with Crippen LogP contribution in [0.25, 0.3) is 0 Å². The van der Waals surface area contributed by atoms with Gasteiger partial charge in [-0.2, -0.15) is 5.21 Å². The fraction of sp³-hybridized carbons (Fsp3) is 0.545. The number of nitrogens with two attached hydrogens (primary N) is 1. The van der Waals surface area contributed by atoms with E-state index < -0.39 is 11.2 Å². The van der Waals surface area contributed by atoms with Gasteiger partial charge in [-0.25, -0.2) is 4.79 Å². The highest BCUT2D eigenvalue weighted by Gasteiger charge is 2.15. The number of rotatable bonds is 6. The molecule has 0 amide bonds. The van der Waals surface area contributed by atoms with E-state index in [2.05, 4.69) is 25.9 Å². The molecule has 0 radical (unpaired) electrons. The van der Waals surface area contributed by atoms with E-state index >= 15 is 0 Å². The van der Waals surface area contributed by atoms with Crippen molar-refractivity contribution in [3.8, 4) is 0 Å². The summed E-state index contributed by atoms with van der Waals surface area (Å²) in [5.41, 5.74) is 5.22. The summed E-state index contributed by atoms with van der Waals surface area (Å²) in [7, 11) is 1.42. The van der Waals surface area contributed by atoms with Crippen LogP contribution < -0.4 is 22.3 Å². The van der Waals surface area contributed by atoms with Gasteiger partial charge in [0.05, 0.1) is 6.54 Å². The van der Waals surface area contributed by atoms with Crippen LogP contribution in [0.3, 0.4) is 0 Å². The smallest absolute Gasteiger partial charge is 0.332 e. The fourth-order valence-corrected chi connectivity index (χ4v) is 1.91. The number of nitrogens with zero attached hydrogens (tertiary/aromatic N) is 5. The van der Waals surface area contributed by atoms with Gasteiger partial charge in [-0.3, -0.25) is 13.9 Å². The summed E-state index contributed by atoms with van der Waals surface area (Å²) >= 11 is 0. The summed E-state index contributed by atoms with van der Waals surface area (Å²) in [5.74, 6) is 0.516. The minimum absolute atomic E-state index is 0.125. The van der Waals surface area contributed by atoms with Crippen molar-refractivity contribution >= 4 is 11.5 Å². The Labute approximate surface area is 120 Å². The van der Waals surface area contributed by atoms with Crippen LogP contribution in [0.5, 0.6) is 0 Å². The summed E-state index contributed by atoms with van der Waals surface area (Å²) in [6.45, 7) is 2.66. The molecule has 2 aromatic rings. The molecule has 0 fully saturated rings. The van der Waals surface area contributed by atoms with Crippen LogP contribution in [0.1, 0.15) is 25.6 Å². The first-order chi connectivity index (χ1) is 10.1. The van der Waals surface area contributed by atoms with E-state index in [-0.39, 0.29) is 18.1 Å². The summed E-state index contributed by atoms with van der Waals surface area (Å²) in [6, 6.07) is 0. The second kappa shape index (κ2) is 6.20. The van der Waals surface area contributed by atoms with Gasteiger partial charge in [0.1, 0.15) is 11.5 Å². The first-order valence-corrected chi connectivity index (χ1v) is 6.61. The van der Waals surface area contributed by atoms with Crippen molar-refractivity contribution in [3.05, 3.63) is 26.7 Å². The lowest BCUT2D eigenvalue weighted by molar-refractivity contribution is 0.575. The molecule has 10 heteroatoms. The topological polar surface area (TPSA) is 137 Å². The summed E-state index contributed by atoms with van der Waals surface area (Å²) < 4.78 is 2.42. The Bertz CT molecular complexity index is 715. The molecule has 0 saturated heterocycles. The summed E-state index contributed by atoms with van der Waals surface area (Å²) in [5, 5.41) is 16.2. The number of nitrogen functional groups attached to an aromatic ring is 1. The number of nitrogens with one attached hydrogen (secondary N) is 2. The van der Waals surface area contributed by atoms with Gasteiger partial charge in [0.2, 0.25) is 0 Å². The van der Waals surface area contributed by atoms with Crippen molar-refractivity contribution < 1.29 is 0 Å². The van der Waals surface area contributed by atoms with Crippen molar-refractivity contribution in [2.24, 2.45) is 7.05 Å². The van der Waals surface area contributed by atoms with Gasteiger partial charge in [0.25, 0.3) is 5.56 Å². The van der Waals surface area contributed by atoms with Crippen LogP contribution in [0.15, 0.2) is 9.59 Å². The van der Waals surface area contributed by atoms with E-state index in [9.17, 15) is 9.59 Å². The van der Waals surface area contributed by atoms with Gasteiger partial charge in [0.15, 0.2) is 5.82 Å². The molecule has 21 heavy (non-hydrogen) atoms. The number of aromatic nitrogens is 6. The normalized spacial score (nSPS) is 10.8. The van der Waals surface area contributed by atoms with Crippen LogP contribution in [0.2, 0.25) is 0 Å². The zero-order valence-electron chi connectivity index (χ0n) is 12.0. The number of hydrogen-bond donors (Lipinski definition) is 3. The fourth-order valence-electron chi connectivity index (χ4n) is 1.91. The highest BCUT2D eigenvalue weighted by atomic mass is 16.2. The Balaban J connectivity index is 2.37. The third-order valence-electron chi connectivity index (χ3n) is 3.13. The largest absolute Gasteiger partial charge is 0.383 e. The molecule has 0 aliphatic heterocycles. The average molecular weight is 294 g/mol. The minimum atomic E-state index is -0.478. The predicted octanol–water partition coefficient (Wildman–Crippen LogP) is -0.945. The second-order valence-corrected chi connectivity index (χ2v) is 4.59. The van der Waals surface area contributed by atoms with Crippen molar-refractivity contribution in [1.29, 1.82) is 0 Å². The Morgan fingerprint density at radius 1 is 1.38 bits per heavy atom. The van der Waals surface area contributed by atoms with Crippen LogP contribution >= 0.6 is 0 Å². The second-order valence-electron chi connectivity index (χ2n) is 4.59. The van der Waals surface area contributed by atoms with E-state index in [1.807, 2.05) is 6.92 Å². The molecular formula is C11H18N8O2. The maximum atomic E-state index is 12.1. The molecular weight excluding hydrogens is 276 g/mol. The Morgan fingerprint density at radius 3 is 2.76 bits per heavy atom. The Hall–Kier alpha value is -2.65. The van der Waals surface area contributed by atoms with Crippen molar-refractivity contribution in [2.45, 2.75) is 32.9 Å². The van der Waals surface area contributed by atoms with Crippen LogP contribution in [-0.4, -0.2) is 29.8 Å². The van der Waals surface area contributed by atoms with E-state index in [4.69, 9.17) is 5.73 Å². The third kappa shape index (κ3) is 2.93. The number of hydrogen-bond acceptors (Lipinski definition) is 7. The molecule has 0 atom stereocenters. The van der Waals surface area contributed by atoms with Gasteiger partial charge < -0.3 is 11.1 Å². The van der Waals surface area contributed by atoms with Crippen LogP contribution in [0.4, 0.5) is 11.5 Å². The lowest BCUT2D eigenvalue weighted by atomic mass is 10.3. The van der Waals surface area contributed by atoms with E-state index in [0.717, 1.165) is 17.4 Å². The lowest BCUT2D eigenvalue weighted by Crippen LogP contribution is -2.40. The zero-order chi connectivity index (χ0) is 15.4. The van der Waals surface area contributed by atoms with Crippen LogP contribution in [0, 0.1) is 0 Å². The molecule has 0 aromatic carbocycles. The molecule has 2 aromatic heterocycles. The van der Waals surface area contributed by atoms with E-state index in [1.54, 1.807) is 0 Å². The predicted molar refractivity (Wildman–Crippen MR) is 76.8 cm³/mol. The Morgan fingerprint density at radius 2 is 2.14 bits per heavy atom. The maximum absolute atomic E-state index is 12.1. The minimum Gasteiger partial charge on any atom is -0.383 e.